The van der Waals surface area contributed by atoms with Crippen LogP contribution < -0.4 is 0 Å². The number of aromatic nitrogens is 3. The molecule has 0 saturated heterocycles. The average Bonchev–Trinajstić information content (AvgIpc) is 3.57. The van der Waals surface area contributed by atoms with Gasteiger partial charge in [-0.1, -0.05) is 54.6 Å². The molecular weight excluding hydrogens is 514 g/mol. The Morgan fingerprint density at radius 2 is 1.14 bits per heavy atom. The second-order valence-electron chi connectivity index (χ2n) is 10.3. The molecule has 0 aliphatic carbocycles. The number of hydrogen-bond donors (Lipinski definition) is 0. The molecule has 0 fully saturated rings. The predicted octanol–water partition coefficient (Wildman–Crippen LogP) is 8.69. The van der Waals surface area contributed by atoms with Gasteiger partial charge in [0.1, 0.15) is 0 Å². The number of rotatable bonds is 3. The summed E-state index contributed by atoms with van der Waals surface area (Å²) in [6.45, 7) is 0. The number of hydrogen-bond acceptors (Lipinski definition) is 3. The third-order valence-electron chi connectivity index (χ3n) is 8.06. The van der Waals surface area contributed by atoms with Gasteiger partial charge < -0.3 is 9.13 Å². The molecule has 0 N–H and O–H groups in total. The molecule has 3 heterocycles. The molecule has 0 aliphatic rings. The van der Waals surface area contributed by atoms with Gasteiger partial charge in [-0.05, 0) is 71.8 Å². The van der Waals surface area contributed by atoms with Crippen molar-refractivity contribution in [2.24, 2.45) is 0 Å². The highest BCUT2D eigenvalue weighted by atomic mass is 15.0. The zero-order valence-corrected chi connectivity index (χ0v) is 22.4. The first kappa shape index (κ1) is 23.7. The van der Waals surface area contributed by atoms with Gasteiger partial charge in [0.15, 0.2) is 0 Å². The summed E-state index contributed by atoms with van der Waals surface area (Å²) in [5, 5.41) is 24.0. The largest absolute Gasteiger partial charge is 0.309 e. The van der Waals surface area contributed by atoms with E-state index in [2.05, 4.69) is 86.9 Å². The van der Waals surface area contributed by atoms with E-state index in [1.807, 2.05) is 67.0 Å². The van der Waals surface area contributed by atoms with Crippen LogP contribution in [0.4, 0.5) is 0 Å². The van der Waals surface area contributed by atoms with Gasteiger partial charge >= 0.3 is 0 Å². The van der Waals surface area contributed by atoms with Crippen LogP contribution in [0, 0.1) is 22.7 Å². The molecule has 8 aromatic rings. The molecule has 0 spiro atoms. The van der Waals surface area contributed by atoms with Crippen LogP contribution in [0.25, 0.3) is 66.1 Å². The molecule has 5 heteroatoms. The molecule has 8 rings (SSSR count). The molecule has 0 atom stereocenters. The van der Waals surface area contributed by atoms with E-state index in [-0.39, 0.29) is 0 Å². The van der Waals surface area contributed by atoms with Gasteiger partial charge in [0, 0.05) is 39.1 Å². The van der Waals surface area contributed by atoms with Crippen molar-refractivity contribution < 1.29 is 0 Å². The van der Waals surface area contributed by atoms with Crippen LogP contribution in [0.5, 0.6) is 0 Å². The SMILES string of the molecule is N#Cc1ccc2c(c1)c1ccccc1n2-c1cc(-c2ccccc2C#N)cc(-n2c3ccccc3c3ccncc32)c1. The number of nitriles is 2. The maximum Gasteiger partial charge on any atom is 0.0998 e. The molecule has 0 aliphatic heterocycles. The van der Waals surface area contributed by atoms with Gasteiger partial charge in [0.2, 0.25) is 0 Å². The van der Waals surface area contributed by atoms with Crippen LogP contribution in [0.1, 0.15) is 11.1 Å². The van der Waals surface area contributed by atoms with Gasteiger partial charge in [-0.3, -0.25) is 4.98 Å². The second kappa shape index (κ2) is 9.20. The van der Waals surface area contributed by atoms with E-state index in [1.165, 1.54) is 0 Å². The highest BCUT2D eigenvalue weighted by Crippen LogP contribution is 2.38. The average molecular weight is 536 g/mol. The minimum atomic E-state index is 0.616. The van der Waals surface area contributed by atoms with Crippen molar-refractivity contribution in [3.8, 4) is 34.6 Å². The lowest BCUT2D eigenvalue weighted by Crippen LogP contribution is -2.00. The van der Waals surface area contributed by atoms with Crippen molar-refractivity contribution in [1.29, 1.82) is 10.5 Å². The standard InChI is InChI=1S/C37H21N5/c38-21-24-13-14-36-33(17-24)31-10-4-6-12-35(31)41(36)27-18-26(29-8-2-1-7-25(29)22-39)19-28(20-27)42-34-11-5-3-9-30(34)32-15-16-40-23-37(32)42/h1-20,23H. The Hall–Kier alpha value is -6.17. The lowest BCUT2D eigenvalue weighted by Gasteiger charge is -2.16. The lowest BCUT2D eigenvalue weighted by atomic mass is 9.99. The first-order chi connectivity index (χ1) is 20.7. The number of benzene rings is 5. The number of fused-ring (bicyclic) bond motifs is 6. The topological polar surface area (TPSA) is 70.3 Å². The summed E-state index contributed by atoms with van der Waals surface area (Å²) in [6, 6.07) is 43.5. The summed E-state index contributed by atoms with van der Waals surface area (Å²) < 4.78 is 4.50. The van der Waals surface area contributed by atoms with Crippen LogP contribution in [0.3, 0.4) is 0 Å². The van der Waals surface area contributed by atoms with Gasteiger partial charge in [-0.2, -0.15) is 10.5 Å². The first-order valence-corrected chi connectivity index (χ1v) is 13.7. The molecule has 0 unspecified atom stereocenters. The van der Waals surface area contributed by atoms with Crippen molar-refractivity contribution in [1.82, 2.24) is 14.1 Å². The maximum absolute atomic E-state index is 10.0. The quantitative estimate of drug-likeness (QED) is 0.227. The highest BCUT2D eigenvalue weighted by molar-refractivity contribution is 6.10. The molecule has 194 valence electrons. The Kier molecular flexibility index (Phi) is 5.19. The van der Waals surface area contributed by atoms with Crippen molar-refractivity contribution in [2.75, 3.05) is 0 Å². The Labute approximate surface area is 241 Å². The van der Waals surface area contributed by atoms with E-state index in [0.717, 1.165) is 66.1 Å². The first-order valence-electron chi connectivity index (χ1n) is 13.7. The fourth-order valence-electron chi connectivity index (χ4n) is 6.26. The van der Waals surface area contributed by atoms with E-state index < -0.39 is 0 Å². The zero-order valence-electron chi connectivity index (χ0n) is 22.4. The molecule has 42 heavy (non-hydrogen) atoms. The summed E-state index contributed by atoms with van der Waals surface area (Å²) in [5.41, 5.74) is 9.12. The predicted molar refractivity (Wildman–Crippen MR) is 168 cm³/mol. The summed E-state index contributed by atoms with van der Waals surface area (Å²) in [5.74, 6) is 0. The van der Waals surface area contributed by atoms with Crippen molar-refractivity contribution in [2.45, 2.75) is 0 Å². The third-order valence-corrected chi connectivity index (χ3v) is 8.06. The minimum Gasteiger partial charge on any atom is -0.309 e. The second-order valence-corrected chi connectivity index (χ2v) is 10.3. The Morgan fingerprint density at radius 3 is 1.88 bits per heavy atom. The van der Waals surface area contributed by atoms with E-state index >= 15 is 0 Å². The van der Waals surface area contributed by atoms with Crippen molar-refractivity contribution in [3.05, 3.63) is 139 Å². The zero-order chi connectivity index (χ0) is 28.2. The van der Waals surface area contributed by atoms with E-state index in [9.17, 15) is 10.5 Å². The molecular formula is C37H21N5. The molecule has 0 saturated carbocycles. The number of pyridine rings is 1. The van der Waals surface area contributed by atoms with Crippen LogP contribution in [-0.2, 0) is 0 Å². The summed E-state index contributed by atoms with van der Waals surface area (Å²) >= 11 is 0. The third kappa shape index (κ3) is 3.45. The fourth-order valence-corrected chi connectivity index (χ4v) is 6.26. The fraction of sp³-hybridized carbons (Fsp3) is 0. The monoisotopic (exact) mass is 535 g/mol. The van der Waals surface area contributed by atoms with Crippen LogP contribution in [-0.4, -0.2) is 14.1 Å². The molecule has 3 aromatic heterocycles. The van der Waals surface area contributed by atoms with Crippen LogP contribution >= 0.6 is 0 Å². The summed E-state index contributed by atoms with van der Waals surface area (Å²) in [7, 11) is 0. The van der Waals surface area contributed by atoms with E-state index in [4.69, 9.17) is 0 Å². The Morgan fingerprint density at radius 1 is 0.524 bits per heavy atom. The minimum absolute atomic E-state index is 0.616. The molecule has 0 bridgehead atoms. The van der Waals surface area contributed by atoms with Crippen LogP contribution in [0.2, 0.25) is 0 Å². The highest BCUT2D eigenvalue weighted by Gasteiger charge is 2.18. The molecule has 0 amide bonds. The van der Waals surface area contributed by atoms with Gasteiger partial charge in [0.25, 0.3) is 0 Å². The number of para-hydroxylation sites is 2. The normalized spacial score (nSPS) is 11.3. The van der Waals surface area contributed by atoms with Gasteiger partial charge in [-0.15, -0.1) is 0 Å². The Balaban J connectivity index is 1.52. The molecule has 5 aromatic carbocycles. The molecule has 5 nitrogen and oxygen atoms in total. The smallest absolute Gasteiger partial charge is 0.0998 e. The van der Waals surface area contributed by atoms with E-state index in [1.54, 1.807) is 0 Å². The lowest BCUT2D eigenvalue weighted by molar-refractivity contribution is 1.13. The summed E-state index contributed by atoms with van der Waals surface area (Å²) in [6.07, 6.45) is 3.74. The summed E-state index contributed by atoms with van der Waals surface area (Å²) in [4.78, 5) is 4.48. The van der Waals surface area contributed by atoms with Gasteiger partial charge in [-0.25, -0.2) is 0 Å². The van der Waals surface area contributed by atoms with E-state index in [0.29, 0.717) is 11.1 Å². The van der Waals surface area contributed by atoms with Gasteiger partial charge in [0.05, 0.1) is 51.5 Å². The molecule has 0 radical (unpaired) electrons. The van der Waals surface area contributed by atoms with Crippen molar-refractivity contribution in [3.63, 3.8) is 0 Å². The maximum atomic E-state index is 10.0. The van der Waals surface area contributed by atoms with Crippen LogP contribution in [0.15, 0.2) is 128 Å². The van der Waals surface area contributed by atoms with Crippen molar-refractivity contribution >= 4 is 43.6 Å². The Bertz CT molecular complexity index is 2390. The number of nitrogens with zero attached hydrogens (tertiary/aromatic N) is 5.